The molecule has 35 heavy (non-hydrogen) atoms. The van der Waals surface area contributed by atoms with Crippen molar-refractivity contribution in [2.75, 3.05) is 20.3 Å². The number of nitrogens with one attached hydrogen (secondary N) is 1. The van der Waals surface area contributed by atoms with Crippen LogP contribution < -0.4 is 10.1 Å². The molecule has 3 atom stereocenters. The minimum atomic E-state index is -0.676. The van der Waals surface area contributed by atoms with E-state index in [2.05, 4.69) is 5.32 Å². The number of rotatable bonds is 6. The van der Waals surface area contributed by atoms with Gasteiger partial charge in [0.2, 0.25) is 0 Å². The van der Waals surface area contributed by atoms with Crippen molar-refractivity contribution in [1.29, 1.82) is 0 Å². The number of aromatic hydroxyl groups is 1. The average Bonchev–Trinajstić information content (AvgIpc) is 3.56. The number of phenolic OH excluding ortho intramolecular Hbond substituents is 1. The predicted octanol–water partition coefficient (Wildman–Crippen LogP) is 4.08. The monoisotopic (exact) mass is 479 g/mol. The van der Waals surface area contributed by atoms with Crippen LogP contribution >= 0.6 is 0 Å². The maximum atomic E-state index is 13.5. The van der Waals surface area contributed by atoms with Gasteiger partial charge in [0.05, 0.1) is 25.1 Å². The van der Waals surface area contributed by atoms with Gasteiger partial charge in [-0.3, -0.25) is 4.79 Å². The third-order valence-electron chi connectivity index (χ3n) is 6.95. The molecule has 0 saturated carbocycles. The number of methoxy groups -OCH3 is 1. The molecule has 184 valence electrons. The summed E-state index contributed by atoms with van der Waals surface area (Å²) in [7, 11) is 1.47. The van der Waals surface area contributed by atoms with E-state index >= 15 is 0 Å². The van der Waals surface area contributed by atoms with Crippen LogP contribution in [0.3, 0.4) is 0 Å². The highest BCUT2D eigenvalue weighted by molar-refractivity contribution is 6.04. The molecule has 2 aromatic rings. The molecular formula is C27H29NO7. The van der Waals surface area contributed by atoms with Gasteiger partial charge in [-0.2, -0.15) is 0 Å². The van der Waals surface area contributed by atoms with Crippen molar-refractivity contribution in [3.8, 4) is 11.5 Å². The van der Waals surface area contributed by atoms with E-state index in [1.54, 1.807) is 24.5 Å². The summed E-state index contributed by atoms with van der Waals surface area (Å²) in [5, 5.41) is 13.8. The molecule has 1 fully saturated rings. The van der Waals surface area contributed by atoms with Crippen molar-refractivity contribution in [1.82, 2.24) is 5.32 Å². The molecule has 8 nitrogen and oxygen atoms in total. The number of ketones is 1. The maximum Gasteiger partial charge on any atom is 0.336 e. The second-order valence-electron chi connectivity index (χ2n) is 9.20. The Bertz CT molecular complexity index is 1190. The largest absolute Gasteiger partial charge is 0.504 e. The Morgan fingerprint density at radius 2 is 2.11 bits per heavy atom. The topological polar surface area (TPSA) is 107 Å². The highest BCUT2D eigenvalue weighted by Crippen LogP contribution is 2.47. The highest BCUT2D eigenvalue weighted by atomic mass is 16.6. The summed E-state index contributed by atoms with van der Waals surface area (Å²) in [6.45, 7) is 2.64. The molecule has 1 aromatic carbocycles. The van der Waals surface area contributed by atoms with Gasteiger partial charge in [0.15, 0.2) is 17.3 Å². The van der Waals surface area contributed by atoms with E-state index in [0.717, 1.165) is 24.3 Å². The lowest BCUT2D eigenvalue weighted by molar-refractivity contribution is -0.142. The van der Waals surface area contributed by atoms with Crippen molar-refractivity contribution in [2.24, 2.45) is 0 Å². The summed E-state index contributed by atoms with van der Waals surface area (Å²) < 4.78 is 22.0. The molecule has 0 spiro atoms. The Kier molecular flexibility index (Phi) is 6.38. The summed E-state index contributed by atoms with van der Waals surface area (Å²) in [6.07, 6.45) is 4.13. The molecule has 0 radical (unpaired) electrons. The van der Waals surface area contributed by atoms with Crippen LogP contribution in [-0.2, 0) is 19.1 Å². The van der Waals surface area contributed by atoms with Gasteiger partial charge in [-0.25, -0.2) is 4.79 Å². The minimum absolute atomic E-state index is 0.0628. The van der Waals surface area contributed by atoms with E-state index in [4.69, 9.17) is 18.6 Å². The fraction of sp³-hybridized carbons (Fsp3) is 0.407. The third-order valence-corrected chi connectivity index (χ3v) is 6.95. The normalized spacial score (nSPS) is 24.3. The van der Waals surface area contributed by atoms with Crippen LogP contribution in [-0.4, -0.2) is 43.3 Å². The molecule has 3 heterocycles. The van der Waals surface area contributed by atoms with Crippen LogP contribution in [0.4, 0.5) is 0 Å². The number of hydrogen-bond acceptors (Lipinski definition) is 8. The molecule has 8 heteroatoms. The second-order valence-corrected chi connectivity index (χ2v) is 9.20. The Labute approximate surface area is 203 Å². The Morgan fingerprint density at radius 3 is 2.80 bits per heavy atom. The smallest absolute Gasteiger partial charge is 0.336 e. The van der Waals surface area contributed by atoms with E-state index in [9.17, 15) is 14.7 Å². The maximum absolute atomic E-state index is 13.5. The Morgan fingerprint density at radius 1 is 1.26 bits per heavy atom. The quantitative estimate of drug-likeness (QED) is 0.597. The first-order valence-electron chi connectivity index (χ1n) is 11.9. The number of allylic oxidation sites excluding steroid dienone is 3. The summed E-state index contributed by atoms with van der Waals surface area (Å²) in [4.78, 5) is 26.9. The van der Waals surface area contributed by atoms with Crippen LogP contribution in [0.1, 0.15) is 55.8 Å². The number of Topliss-reactive ketones (excluding diaryl/α,β-unsaturated/α-hetero) is 1. The van der Waals surface area contributed by atoms with Gasteiger partial charge in [-0.05, 0) is 56.0 Å². The molecule has 3 aliphatic rings. The zero-order valence-electron chi connectivity index (χ0n) is 19.8. The molecule has 0 amide bonds. The number of carbonyl (C=O) groups is 2. The number of dihydropyridines is 1. The summed E-state index contributed by atoms with van der Waals surface area (Å²) in [5.74, 6) is -0.330. The molecule has 1 saturated heterocycles. The van der Waals surface area contributed by atoms with Gasteiger partial charge >= 0.3 is 5.97 Å². The van der Waals surface area contributed by atoms with Crippen molar-refractivity contribution in [2.45, 2.75) is 50.5 Å². The van der Waals surface area contributed by atoms with Crippen LogP contribution in [0, 0.1) is 0 Å². The molecule has 5 rings (SSSR count). The van der Waals surface area contributed by atoms with Gasteiger partial charge in [0.1, 0.15) is 12.4 Å². The first-order valence-corrected chi connectivity index (χ1v) is 11.9. The zero-order chi connectivity index (χ0) is 24.5. The SMILES string of the molecule is COc1ccc([C@@H]2C(C(=O)OC[C@@H]3CCCO3)=C(C)NC3=C2C(=O)C[C@@H](c2ccco2)C3)cc1O. The second kappa shape index (κ2) is 9.62. The molecular weight excluding hydrogens is 450 g/mol. The number of hydrogen-bond donors (Lipinski definition) is 2. The number of ether oxygens (including phenoxy) is 3. The van der Waals surface area contributed by atoms with Crippen molar-refractivity contribution in [3.05, 3.63) is 70.5 Å². The lowest BCUT2D eigenvalue weighted by atomic mass is 9.72. The highest BCUT2D eigenvalue weighted by Gasteiger charge is 2.42. The van der Waals surface area contributed by atoms with Crippen LogP contribution in [0.5, 0.6) is 11.5 Å². The van der Waals surface area contributed by atoms with Gasteiger partial charge < -0.3 is 29.1 Å². The lowest BCUT2D eigenvalue weighted by Gasteiger charge is -2.36. The number of carbonyl (C=O) groups excluding carboxylic acids is 2. The van der Waals surface area contributed by atoms with Crippen LogP contribution in [0.25, 0.3) is 0 Å². The van der Waals surface area contributed by atoms with E-state index in [1.165, 1.54) is 7.11 Å². The lowest BCUT2D eigenvalue weighted by Crippen LogP contribution is -2.36. The standard InChI is InChI=1S/C27H29NO7/c1-15-24(27(31)35-14-18-5-3-9-33-18)25(16-7-8-23(32-2)20(29)12-16)26-19(28-15)11-17(13-21(26)30)22-6-4-10-34-22/h4,6-8,10,12,17-18,25,28-29H,3,5,9,11,13-14H2,1-2H3/t17-,18-,25+/m0/s1. The van der Waals surface area contributed by atoms with E-state index in [0.29, 0.717) is 41.2 Å². The molecule has 1 aromatic heterocycles. The van der Waals surface area contributed by atoms with Crippen molar-refractivity contribution < 1.29 is 33.3 Å². The zero-order valence-corrected chi connectivity index (χ0v) is 19.8. The molecule has 0 unspecified atom stereocenters. The molecule has 0 bridgehead atoms. The van der Waals surface area contributed by atoms with Gasteiger partial charge in [0.25, 0.3) is 0 Å². The van der Waals surface area contributed by atoms with Crippen molar-refractivity contribution in [3.63, 3.8) is 0 Å². The molecule has 2 N–H and O–H groups in total. The number of furan rings is 1. The molecule has 2 aliphatic heterocycles. The first kappa shape index (κ1) is 23.2. The summed E-state index contributed by atoms with van der Waals surface area (Å²) in [5.41, 5.74) is 2.87. The minimum Gasteiger partial charge on any atom is -0.504 e. The number of esters is 1. The Hall–Kier alpha value is -3.52. The van der Waals surface area contributed by atoms with Crippen molar-refractivity contribution >= 4 is 11.8 Å². The summed E-state index contributed by atoms with van der Waals surface area (Å²) in [6, 6.07) is 8.64. The van der Waals surface area contributed by atoms with Crippen LogP contribution in [0.15, 0.2) is 63.6 Å². The number of benzene rings is 1. The van der Waals surface area contributed by atoms with Crippen LogP contribution in [0.2, 0.25) is 0 Å². The first-order chi connectivity index (χ1) is 17.0. The fourth-order valence-corrected chi connectivity index (χ4v) is 5.28. The fourth-order valence-electron chi connectivity index (χ4n) is 5.28. The van der Waals surface area contributed by atoms with E-state index < -0.39 is 11.9 Å². The predicted molar refractivity (Wildman–Crippen MR) is 126 cm³/mol. The number of phenols is 1. The third kappa shape index (κ3) is 4.46. The van der Waals surface area contributed by atoms with Gasteiger partial charge in [0, 0.05) is 41.8 Å². The Balaban J connectivity index is 1.52. The van der Waals surface area contributed by atoms with Gasteiger partial charge in [-0.15, -0.1) is 0 Å². The molecule has 1 aliphatic carbocycles. The summed E-state index contributed by atoms with van der Waals surface area (Å²) >= 11 is 0. The average molecular weight is 480 g/mol. The van der Waals surface area contributed by atoms with E-state index in [-0.39, 0.29) is 36.6 Å². The van der Waals surface area contributed by atoms with Gasteiger partial charge in [-0.1, -0.05) is 6.07 Å². The van der Waals surface area contributed by atoms with E-state index in [1.807, 2.05) is 19.1 Å².